The number of phenols is 1. The lowest BCUT2D eigenvalue weighted by atomic mass is 9.88. The van der Waals surface area contributed by atoms with E-state index < -0.39 is 0 Å². The van der Waals surface area contributed by atoms with Gasteiger partial charge in [0.2, 0.25) is 0 Å². The molecular weight excluding hydrogens is 196 g/mol. The van der Waals surface area contributed by atoms with Crippen LogP contribution < -0.4 is 0 Å². The smallest absolute Gasteiger partial charge is 0.123 e. The minimum atomic E-state index is 0.383. The Hall–Kier alpha value is -1.76. The van der Waals surface area contributed by atoms with E-state index in [1.165, 1.54) is 22.1 Å². The second kappa shape index (κ2) is 3.38. The highest BCUT2D eigenvalue weighted by atomic mass is 16.3. The Bertz CT molecular complexity index is 594. The minimum absolute atomic E-state index is 0.383. The largest absolute Gasteiger partial charge is 0.507 e. The van der Waals surface area contributed by atoms with Gasteiger partial charge in [0.1, 0.15) is 5.75 Å². The molecule has 1 N–H and O–H groups in total. The summed E-state index contributed by atoms with van der Waals surface area (Å²) < 4.78 is 0. The van der Waals surface area contributed by atoms with Gasteiger partial charge >= 0.3 is 0 Å². The average molecular weight is 210 g/mol. The Labute approximate surface area is 95.0 Å². The van der Waals surface area contributed by atoms with Crippen LogP contribution in [-0.2, 0) is 6.42 Å². The van der Waals surface area contributed by atoms with Gasteiger partial charge in [0.05, 0.1) is 0 Å². The van der Waals surface area contributed by atoms with Gasteiger partial charge in [-0.3, -0.25) is 0 Å². The van der Waals surface area contributed by atoms with Crippen LogP contribution in [0.1, 0.15) is 24.5 Å². The third kappa shape index (κ3) is 1.25. The van der Waals surface area contributed by atoms with E-state index in [0.717, 1.165) is 18.2 Å². The molecule has 0 fully saturated rings. The first-order valence-corrected chi connectivity index (χ1v) is 5.72. The molecule has 0 bridgehead atoms. The lowest BCUT2D eigenvalue weighted by Crippen LogP contribution is -1.98. The molecule has 80 valence electrons. The number of phenolic OH excluding ortho intramolecular Hbond substituents is 1. The van der Waals surface area contributed by atoms with Gasteiger partial charge in [-0.05, 0) is 35.4 Å². The molecule has 0 atom stereocenters. The molecule has 16 heavy (non-hydrogen) atoms. The van der Waals surface area contributed by atoms with Crippen molar-refractivity contribution in [3.8, 4) is 5.75 Å². The quantitative estimate of drug-likeness (QED) is 0.757. The number of rotatable bonds is 1. The molecule has 0 saturated carbocycles. The Morgan fingerprint density at radius 3 is 2.88 bits per heavy atom. The third-order valence-corrected chi connectivity index (χ3v) is 3.37. The fraction of sp³-hybridized carbons (Fsp3) is 0.200. The Morgan fingerprint density at radius 1 is 1.19 bits per heavy atom. The minimum Gasteiger partial charge on any atom is -0.507 e. The molecule has 1 aliphatic rings. The van der Waals surface area contributed by atoms with Crippen LogP contribution in [0.25, 0.3) is 16.8 Å². The van der Waals surface area contributed by atoms with E-state index in [1.54, 1.807) is 6.07 Å². The predicted octanol–water partition coefficient (Wildman–Crippen LogP) is 3.89. The standard InChI is InChI=1S/C15H14O/c1-2-10-8-11-4-3-5-13-14(16)7-6-12(9-10)15(11)13/h3-7,9,16H,2,8H2,1H3. The molecule has 0 unspecified atom stereocenters. The highest BCUT2D eigenvalue weighted by Crippen LogP contribution is 2.36. The summed E-state index contributed by atoms with van der Waals surface area (Å²) in [6.45, 7) is 2.19. The maximum absolute atomic E-state index is 9.84. The maximum Gasteiger partial charge on any atom is 0.123 e. The number of hydrogen-bond donors (Lipinski definition) is 1. The summed E-state index contributed by atoms with van der Waals surface area (Å²) >= 11 is 0. The van der Waals surface area contributed by atoms with Gasteiger partial charge in [-0.1, -0.05) is 42.8 Å². The van der Waals surface area contributed by atoms with Crippen molar-refractivity contribution in [3.05, 3.63) is 47.0 Å². The number of aromatic hydroxyl groups is 1. The molecule has 2 aromatic carbocycles. The molecule has 3 rings (SSSR count). The zero-order valence-electron chi connectivity index (χ0n) is 9.33. The van der Waals surface area contributed by atoms with Crippen molar-refractivity contribution in [1.82, 2.24) is 0 Å². The molecule has 1 aliphatic carbocycles. The summed E-state index contributed by atoms with van der Waals surface area (Å²) in [7, 11) is 0. The zero-order valence-corrected chi connectivity index (χ0v) is 9.33. The molecule has 0 aliphatic heterocycles. The van der Waals surface area contributed by atoms with E-state index in [-0.39, 0.29) is 0 Å². The van der Waals surface area contributed by atoms with Crippen molar-refractivity contribution in [2.24, 2.45) is 0 Å². The highest BCUT2D eigenvalue weighted by molar-refractivity contribution is 5.98. The number of hydrogen-bond acceptors (Lipinski definition) is 1. The van der Waals surface area contributed by atoms with E-state index in [9.17, 15) is 5.11 Å². The van der Waals surface area contributed by atoms with Crippen LogP contribution >= 0.6 is 0 Å². The number of benzene rings is 2. The van der Waals surface area contributed by atoms with Crippen molar-refractivity contribution in [1.29, 1.82) is 0 Å². The van der Waals surface area contributed by atoms with Gasteiger partial charge in [0.25, 0.3) is 0 Å². The summed E-state index contributed by atoms with van der Waals surface area (Å²) in [6.07, 6.45) is 4.37. The molecule has 0 saturated heterocycles. The molecule has 0 radical (unpaired) electrons. The van der Waals surface area contributed by atoms with Crippen molar-refractivity contribution in [2.75, 3.05) is 0 Å². The monoisotopic (exact) mass is 210 g/mol. The van der Waals surface area contributed by atoms with Gasteiger partial charge in [-0.2, -0.15) is 0 Å². The molecule has 0 spiro atoms. The van der Waals surface area contributed by atoms with Crippen molar-refractivity contribution in [3.63, 3.8) is 0 Å². The van der Waals surface area contributed by atoms with E-state index >= 15 is 0 Å². The van der Waals surface area contributed by atoms with Crippen LogP contribution in [0.3, 0.4) is 0 Å². The van der Waals surface area contributed by atoms with Crippen LogP contribution in [0.4, 0.5) is 0 Å². The molecule has 0 amide bonds. The summed E-state index contributed by atoms with van der Waals surface area (Å²) in [5, 5.41) is 12.0. The lowest BCUT2D eigenvalue weighted by molar-refractivity contribution is 0.481. The van der Waals surface area contributed by atoms with Gasteiger partial charge in [-0.25, -0.2) is 0 Å². The van der Waals surface area contributed by atoms with Crippen LogP contribution in [-0.4, -0.2) is 5.11 Å². The fourth-order valence-electron chi connectivity index (χ4n) is 2.51. The first kappa shape index (κ1) is 9.46. The average Bonchev–Trinajstić information content (AvgIpc) is 2.33. The predicted molar refractivity (Wildman–Crippen MR) is 67.6 cm³/mol. The van der Waals surface area contributed by atoms with Crippen molar-refractivity contribution >= 4 is 16.8 Å². The third-order valence-electron chi connectivity index (χ3n) is 3.37. The summed E-state index contributed by atoms with van der Waals surface area (Å²) in [4.78, 5) is 0. The van der Waals surface area contributed by atoms with E-state index in [2.05, 4.69) is 19.1 Å². The van der Waals surface area contributed by atoms with E-state index in [0.29, 0.717) is 5.75 Å². The normalized spacial score (nSPS) is 13.9. The maximum atomic E-state index is 9.84. The van der Waals surface area contributed by atoms with Crippen LogP contribution in [0.15, 0.2) is 35.9 Å². The summed E-state index contributed by atoms with van der Waals surface area (Å²) in [5.41, 5.74) is 4.04. The van der Waals surface area contributed by atoms with Gasteiger partial charge in [-0.15, -0.1) is 0 Å². The molecule has 0 heterocycles. The molecule has 1 nitrogen and oxygen atoms in total. The summed E-state index contributed by atoms with van der Waals surface area (Å²) in [5.74, 6) is 0.383. The van der Waals surface area contributed by atoms with E-state index in [1.807, 2.05) is 18.2 Å². The van der Waals surface area contributed by atoms with Gasteiger partial charge < -0.3 is 5.11 Å². The van der Waals surface area contributed by atoms with E-state index in [4.69, 9.17) is 0 Å². The fourth-order valence-corrected chi connectivity index (χ4v) is 2.51. The first-order valence-electron chi connectivity index (χ1n) is 5.72. The summed E-state index contributed by atoms with van der Waals surface area (Å²) in [6, 6.07) is 9.97. The lowest BCUT2D eigenvalue weighted by Gasteiger charge is -2.17. The zero-order chi connectivity index (χ0) is 11.1. The molecule has 1 heteroatoms. The van der Waals surface area contributed by atoms with Crippen molar-refractivity contribution < 1.29 is 5.11 Å². The molecule has 0 aromatic heterocycles. The molecular formula is C15H14O. The second-order valence-corrected chi connectivity index (χ2v) is 4.35. The van der Waals surface area contributed by atoms with Gasteiger partial charge in [0.15, 0.2) is 0 Å². The van der Waals surface area contributed by atoms with Crippen LogP contribution in [0, 0.1) is 0 Å². The highest BCUT2D eigenvalue weighted by Gasteiger charge is 2.13. The van der Waals surface area contributed by atoms with Crippen LogP contribution in [0.5, 0.6) is 5.75 Å². The second-order valence-electron chi connectivity index (χ2n) is 4.35. The Balaban J connectivity index is 2.40. The first-order chi connectivity index (χ1) is 7.79. The molecule has 2 aromatic rings. The number of allylic oxidation sites excluding steroid dienone is 1. The Morgan fingerprint density at radius 2 is 2.06 bits per heavy atom. The SMILES string of the molecule is CCC1=Cc2ccc(O)c3cccc(c23)C1. The topological polar surface area (TPSA) is 20.2 Å². The van der Waals surface area contributed by atoms with Crippen molar-refractivity contribution in [2.45, 2.75) is 19.8 Å². The Kier molecular flexibility index (Phi) is 2.00. The van der Waals surface area contributed by atoms with Crippen LogP contribution in [0.2, 0.25) is 0 Å². The van der Waals surface area contributed by atoms with Gasteiger partial charge in [0, 0.05) is 5.39 Å².